The van der Waals surface area contributed by atoms with E-state index < -0.39 is 0 Å². The summed E-state index contributed by atoms with van der Waals surface area (Å²) in [5.41, 5.74) is 0. The summed E-state index contributed by atoms with van der Waals surface area (Å²) < 4.78 is 0. The molecule has 2 fully saturated rings. The van der Waals surface area contributed by atoms with Crippen molar-refractivity contribution >= 4 is 0 Å². The average molecular weight is 240 g/mol. The summed E-state index contributed by atoms with van der Waals surface area (Å²) in [5.74, 6) is 4.57. The van der Waals surface area contributed by atoms with Crippen LogP contribution in [-0.4, -0.2) is 11.2 Å². The number of hydrogen-bond donors (Lipinski definition) is 1. The van der Waals surface area contributed by atoms with Crippen molar-refractivity contribution in [1.29, 1.82) is 0 Å². The van der Waals surface area contributed by atoms with E-state index in [-0.39, 0.29) is 6.10 Å². The highest BCUT2D eigenvalue weighted by atomic mass is 16.3. The molecule has 0 amide bonds. The third-order valence-corrected chi connectivity index (χ3v) is 4.77. The number of hydrogen-bond acceptors (Lipinski definition) is 1. The summed E-state index contributed by atoms with van der Waals surface area (Å²) in [6.07, 6.45) is 6.55. The normalized spacial score (nSPS) is 36.7. The van der Waals surface area contributed by atoms with Crippen LogP contribution in [0.1, 0.15) is 66.7 Å². The zero-order valence-electron chi connectivity index (χ0n) is 12.4. The Hall–Kier alpha value is -0.0400. The average Bonchev–Trinajstić information content (AvgIpc) is 2.61. The maximum Gasteiger partial charge on any atom is 0.0545 e. The smallest absolute Gasteiger partial charge is 0.0545 e. The van der Waals surface area contributed by atoms with Crippen LogP contribution in [-0.2, 0) is 0 Å². The molecule has 0 bridgehead atoms. The zero-order valence-corrected chi connectivity index (χ0v) is 12.4. The largest absolute Gasteiger partial charge is 0.393 e. The first-order valence-electron chi connectivity index (χ1n) is 7.58. The lowest BCUT2D eigenvalue weighted by Crippen LogP contribution is -2.31. The Labute approximate surface area is 108 Å². The first-order valence-corrected chi connectivity index (χ1v) is 7.58. The van der Waals surface area contributed by atoms with Crippen molar-refractivity contribution < 1.29 is 5.11 Å². The molecular weight excluding hydrogens is 208 g/mol. The Morgan fingerprint density at radius 1 is 0.824 bits per heavy atom. The van der Waals surface area contributed by atoms with Crippen molar-refractivity contribution in [3.05, 3.63) is 0 Å². The summed E-state index contributed by atoms with van der Waals surface area (Å²) in [6, 6.07) is 0. The van der Waals surface area contributed by atoms with Crippen LogP contribution in [0.25, 0.3) is 0 Å². The van der Waals surface area contributed by atoms with Crippen LogP contribution in [0.4, 0.5) is 0 Å². The standard InChI is InChI=1S/C9H18.C7H14O/c1-7(2)9-5-4-8(3)6-9;1-5(2)6-3-7(8)4-6/h7-9H,4-6H2,1-3H3;5-8H,3-4H2,1-2H3. The van der Waals surface area contributed by atoms with Crippen LogP contribution < -0.4 is 0 Å². The zero-order chi connectivity index (χ0) is 13.0. The summed E-state index contributed by atoms with van der Waals surface area (Å²) in [5, 5.41) is 8.87. The third kappa shape index (κ3) is 4.99. The predicted molar refractivity (Wildman–Crippen MR) is 74.9 cm³/mol. The Morgan fingerprint density at radius 3 is 1.53 bits per heavy atom. The molecule has 1 heteroatoms. The van der Waals surface area contributed by atoms with Gasteiger partial charge in [-0.15, -0.1) is 0 Å². The molecule has 1 nitrogen and oxygen atoms in total. The Bertz CT molecular complexity index is 204. The van der Waals surface area contributed by atoms with E-state index in [1.807, 2.05) is 0 Å². The van der Waals surface area contributed by atoms with Gasteiger partial charge in [0.2, 0.25) is 0 Å². The minimum Gasteiger partial charge on any atom is -0.393 e. The highest BCUT2D eigenvalue weighted by Gasteiger charge is 2.28. The monoisotopic (exact) mass is 240 g/mol. The van der Waals surface area contributed by atoms with E-state index >= 15 is 0 Å². The fourth-order valence-electron chi connectivity index (χ4n) is 3.03. The molecule has 1 N–H and O–H groups in total. The highest BCUT2D eigenvalue weighted by Crippen LogP contribution is 2.35. The van der Waals surface area contributed by atoms with Crippen molar-refractivity contribution in [1.82, 2.24) is 0 Å². The van der Waals surface area contributed by atoms with E-state index in [4.69, 9.17) is 5.11 Å². The Morgan fingerprint density at radius 2 is 1.35 bits per heavy atom. The molecule has 17 heavy (non-hydrogen) atoms. The lowest BCUT2D eigenvalue weighted by atomic mass is 9.75. The van der Waals surface area contributed by atoms with Crippen molar-refractivity contribution in [3.63, 3.8) is 0 Å². The van der Waals surface area contributed by atoms with E-state index in [2.05, 4.69) is 34.6 Å². The second kappa shape index (κ2) is 6.78. The maximum absolute atomic E-state index is 8.87. The van der Waals surface area contributed by atoms with Crippen molar-refractivity contribution in [3.8, 4) is 0 Å². The minimum absolute atomic E-state index is 0.0300. The molecule has 0 saturated heterocycles. The Kier molecular flexibility index (Phi) is 5.99. The van der Waals surface area contributed by atoms with Gasteiger partial charge in [0.05, 0.1) is 6.10 Å². The molecule has 2 aliphatic rings. The molecule has 102 valence electrons. The van der Waals surface area contributed by atoms with E-state index in [1.165, 1.54) is 19.3 Å². The fourth-order valence-corrected chi connectivity index (χ4v) is 3.03. The SMILES string of the molecule is CC(C)C1CC(O)C1.CC1CCC(C(C)C)C1. The summed E-state index contributed by atoms with van der Waals surface area (Å²) in [7, 11) is 0. The highest BCUT2D eigenvalue weighted by molar-refractivity contribution is 4.80. The topological polar surface area (TPSA) is 20.2 Å². The van der Waals surface area contributed by atoms with E-state index in [9.17, 15) is 0 Å². The molecule has 0 spiro atoms. The second-order valence-corrected chi connectivity index (χ2v) is 7.05. The number of aliphatic hydroxyl groups excluding tert-OH is 1. The van der Waals surface area contributed by atoms with Gasteiger partial charge in [-0.1, -0.05) is 41.0 Å². The summed E-state index contributed by atoms with van der Waals surface area (Å²) in [6.45, 7) is 11.5. The summed E-state index contributed by atoms with van der Waals surface area (Å²) >= 11 is 0. The molecule has 0 radical (unpaired) electrons. The molecule has 2 atom stereocenters. The lowest BCUT2D eigenvalue weighted by molar-refractivity contribution is 0.0218. The van der Waals surface area contributed by atoms with Gasteiger partial charge in [-0.25, -0.2) is 0 Å². The molecule has 0 aromatic rings. The van der Waals surface area contributed by atoms with E-state index in [0.29, 0.717) is 0 Å². The fraction of sp³-hybridized carbons (Fsp3) is 1.00. The molecule has 0 heterocycles. The van der Waals surface area contributed by atoms with Crippen LogP contribution in [0.3, 0.4) is 0 Å². The van der Waals surface area contributed by atoms with Gasteiger partial charge in [0.1, 0.15) is 0 Å². The molecule has 0 aliphatic heterocycles. The van der Waals surface area contributed by atoms with E-state index in [1.54, 1.807) is 0 Å². The van der Waals surface area contributed by atoms with Gasteiger partial charge in [0, 0.05) is 0 Å². The number of aliphatic hydroxyl groups is 1. The van der Waals surface area contributed by atoms with Gasteiger partial charge in [0.25, 0.3) is 0 Å². The van der Waals surface area contributed by atoms with Gasteiger partial charge in [-0.2, -0.15) is 0 Å². The lowest BCUT2D eigenvalue weighted by Gasteiger charge is -2.34. The minimum atomic E-state index is 0.0300. The molecule has 0 aromatic carbocycles. The molecule has 2 aliphatic carbocycles. The molecule has 2 rings (SSSR count). The predicted octanol–water partition coefficient (Wildman–Crippen LogP) is 4.49. The van der Waals surface area contributed by atoms with Crippen molar-refractivity contribution in [2.45, 2.75) is 72.8 Å². The second-order valence-electron chi connectivity index (χ2n) is 7.05. The maximum atomic E-state index is 8.87. The van der Waals surface area contributed by atoms with Gasteiger partial charge in [0.15, 0.2) is 0 Å². The van der Waals surface area contributed by atoms with E-state index in [0.717, 1.165) is 42.4 Å². The van der Waals surface area contributed by atoms with Crippen molar-refractivity contribution in [2.75, 3.05) is 0 Å². The van der Waals surface area contributed by atoms with Crippen LogP contribution in [0.15, 0.2) is 0 Å². The Balaban J connectivity index is 0.000000171. The van der Waals surface area contributed by atoms with Gasteiger partial charge >= 0.3 is 0 Å². The van der Waals surface area contributed by atoms with Crippen LogP contribution in [0, 0.1) is 29.6 Å². The summed E-state index contributed by atoms with van der Waals surface area (Å²) in [4.78, 5) is 0. The third-order valence-electron chi connectivity index (χ3n) is 4.77. The van der Waals surface area contributed by atoms with Crippen LogP contribution in [0.2, 0.25) is 0 Å². The molecular formula is C16H32O. The van der Waals surface area contributed by atoms with Crippen LogP contribution in [0.5, 0.6) is 0 Å². The first kappa shape index (κ1) is 15.0. The van der Waals surface area contributed by atoms with Crippen LogP contribution >= 0.6 is 0 Å². The van der Waals surface area contributed by atoms with Gasteiger partial charge in [-0.05, 0) is 55.3 Å². The molecule has 2 unspecified atom stereocenters. The van der Waals surface area contributed by atoms with Crippen molar-refractivity contribution in [2.24, 2.45) is 29.6 Å². The number of rotatable bonds is 2. The molecule has 0 aromatic heterocycles. The van der Waals surface area contributed by atoms with Gasteiger partial charge in [-0.3, -0.25) is 0 Å². The molecule has 2 saturated carbocycles. The van der Waals surface area contributed by atoms with Gasteiger partial charge < -0.3 is 5.11 Å². The quantitative estimate of drug-likeness (QED) is 0.754. The first-order chi connectivity index (χ1) is 7.90.